The van der Waals surface area contributed by atoms with Crippen molar-refractivity contribution in [2.45, 2.75) is 45.6 Å². The lowest BCUT2D eigenvalue weighted by atomic mass is 9.60. The molecular formula is C18H29NO5SSi. The summed E-state index contributed by atoms with van der Waals surface area (Å²) in [4.78, 5) is 27.5. The number of rotatable bonds is 7. The van der Waals surface area contributed by atoms with Crippen molar-refractivity contribution in [3.05, 3.63) is 23.3 Å². The molecule has 0 aromatic heterocycles. The molecule has 1 fully saturated rings. The van der Waals surface area contributed by atoms with E-state index in [-0.39, 0.29) is 47.4 Å². The van der Waals surface area contributed by atoms with E-state index in [0.717, 1.165) is 0 Å². The fourth-order valence-electron chi connectivity index (χ4n) is 4.44. The highest BCUT2D eigenvalue weighted by Gasteiger charge is 2.67. The van der Waals surface area contributed by atoms with Gasteiger partial charge in [0.2, 0.25) is 5.91 Å². The van der Waals surface area contributed by atoms with Gasteiger partial charge in [0.1, 0.15) is 28.2 Å². The molecule has 146 valence electrons. The third kappa shape index (κ3) is 2.96. The SMILES string of the molecule is C=CCOC(=O)C1=C(CO)SC2C(C(O[SiH3])(C(C)C)C(C)(C)C)C(=O)N12. The molecule has 0 aromatic carbocycles. The average Bonchev–Trinajstić information content (AvgIpc) is 2.90. The molecule has 0 bridgehead atoms. The van der Waals surface area contributed by atoms with Gasteiger partial charge in [-0.15, -0.1) is 0 Å². The van der Waals surface area contributed by atoms with Gasteiger partial charge >= 0.3 is 5.97 Å². The fraction of sp³-hybridized carbons (Fsp3) is 0.667. The first-order chi connectivity index (χ1) is 12.1. The standard InChI is InChI=1S/C18H29NO5SSi/c1-7-8-23-16(22)13-11(9-20)25-15-12(14(21)19(13)15)18(24-26,10(2)3)17(4,5)6/h7,10,12,15,20H,1,8-9H2,2-6,26H3. The molecule has 8 heteroatoms. The van der Waals surface area contributed by atoms with Crippen molar-refractivity contribution in [3.8, 4) is 0 Å². The first-order valence-electron chi connectivity index (χ1n) is 8.75. The number of amides is 1. The lowest BCUT2D eigenvalue weighted by Gasteiger charge is -2.59. The molecule has 0 aliphatic carbocycles. The topological polar surface area (TPSA) is 76.1 Å². The number of carbonyl (C=O) groups excluding carboxylic acids is 2. The first-order valence-corrected chi connectivity index (χ1v) is 10.4. The molecule has 2 rings (SSSR count). The lowest BCUT2D eigenvalue weighted by molar-refractivity contribution is -0.185. The summed E-state index contributed by atoms with van der Waals surface area (Å²) in [6.07, 6.45) is 1.47. The number of esters is 1. The Morgan fingerprint density at radius 1 is 1.46 bits per heavy atom. The number of aliphatic hydroxyl groups is 1. The molecule has 3 unspecified atom stereocenters. The molecule has 26 heavy (non-hydrogen) atoms. The Kier molecular flexibility index (Phi) is 6.12. The number of hydrogen-bond donors (Lipinski definition) is 1. The molecule has 6 nitrogen and oxygen atoms in total. The Hall–Kier alpha value is -1.09. The molecule has 1 amide bonds. The van der Waals surface area contributed by atoms with E-state index >= 15 is 0 Å². The average molecular weight is 400 g/mol. The minimum absolute atomic E-state index is 0.0590. The van der Waals surface area contributed by atoms with Crippen LogP contribution in [0.25, 0.3) is 0 Å². The zero-order chi connectivity index (χ0) is 19.9. The maximum Gasteiger partial charge on any atom is 0.356 e. The van der Waals surface area contributed by atoms with Crippen LogP contribution in [0.5, 0.6) is 0 Å². The van der Waals surface area contributed by atoms with Gasteiger partial charge in [0.15, 0.2) is 0 Å². The van der Waals surface area contributed by atoms with E-state index in [1.54, 1.807) is 0 Å². The highest BCUT2D eigenvalue weighted by molar-refractivity contribution is 8.04. The molecule has 2 heterocycles. The summed E-state index contributed by atoms with van der Waals surface area (Å²) < 4.78 is 11.3. The number of β-lactam (4-membered cyclic amide) rings is 1. The number of ether oxygens (including phenoxy) is 1. The van der Waals surface area contributed by atoms with Crippen molar-refractivity contribution in [3.63, 3.8) is 0 Å². The number of aliphatic hydroxyl groups excluding tert-OH is 1. The minimum atomic E-state index is -0.633. The van der Waals surface area contributed by atoms with Crippen LogP contribution in [0.3, 0.4) is 0 Å². The van der Waals surface area contributed by atoms with E-state index in [9.17, 15) is 14.7 Å². The van der Waals surface area contributed by atoms with Gasteiger partial charge in [-0.05, 0) is 11.3 Å². The predicted molar refractivity (Wildman–Crippen MR) is 105 cm³/mol. The Balaban J connectivity index is 2.40. The van der Waals surface area contributed by atoms with Crippen LogP contribution in [-0.4, -0.2) is 56.6 Å². The van der Waals surface area contributed by atoms with Crippen molar-refractivity contribution in [2.75, 3.05) is 13.2 Å². The van der Waals surface area contributed by atoms with E-state index in [0.29, 0.717) is 15.4 Å². The summed E-state index contributed by atoms with van der Waals surface area (Å²) in [6, 6.07) is 0. The van der Waals surface area contributed by atoms with Gasteiger partial charge in [-0.3, -0.25) is 9.69 Å². The molecule has 0 aromatic rings. The zero-order valence-corrected chi connectivity index (χ0v) is 19.2. The normalized spacial score (nSPS) is 25.2. The number of hydrogen-bond acceptors (Lipinski definition) is 6. The van der Waals surface area contributed by atoms with Gasteiger partial charge in [0.25, 0.3) is 0 Å². The van der Waals surface area contributed by atoms with E-state index < -0.39 is 11.6 Å². The minimum Gasteiger partial charge on any atom is -0.457 e. The second kappa shape index (κ2) is 7.50. The van der Waals surface area contributed by atoms with E-state index in [1.807, 2.05) is 0 Å². The Morgan fingerprint density at radius 3 is 2.50 bits per heavy atom. The lowest BCUT2D eigenvalue weighted by Crippen LogP contribution is -2.71. The number of thioether (sulfide) groups is 1. The maximum absolute atomic E-state index is 13.2. The Labute approximate surface area is 162 Å². The second-order valence-corrected chi connectivity index (χ2v) is 9.53. The molecule has 1 saturated heterocycles. The third-order valence-electron chi connectivity index (χ3n) is 5.31. The van der Waals surface area contributed by atoms with Crippen LogP contribution in [0.2, 0.25) is 0 Å². The summed E-state index contributed by atoms with van der Waals surface area (Å²) in [7, 11) is 0.503. The van der Waals surface area contributed by atoms with Crippen LogP contribution in [-0.2, 0) is 18.8 Å². The monoisotopic (exact) mass is 399 g/mol. The number of fused-ring (bicyclic) bond motifs is 1. The van der Waals surface area contributed by atoms with Crippen molar-refractivity contribution >= 4 is 34.1 Å². The van der Waals surface area contributed by atoms with E-state index in [2.05, 4.69) is 41.2 Å². The van der Waals surface area contributed by atoms with Gasteiger partial charge in [0.05, 0.1) is 18.1 Å². The molecule has 1 N–H and O–H groups in total. The van der Waals surface area contributed by atoms with E-state index in [4.69, 9.17) is 9.16 Å². The van der Waals surface area contributed by atoms with Crippen LogP contribution < -0.4 is 0 Å². The van der Waals surface area contributed by atoms with Gasteiger partial charge in [-0.25, -0.2) is 4.79 Å². The highest BCUT2D eigenvalue weighted by Crippen LogP contribution is 2.58. The third-order valence-corrected chi connectivity index (χ3v) is 7.32. The summed E-state index contributed by atoms with van der Waals surface area (Å²) in [5.41, 5.74) is -0.738. The van der Waals surface area contributed by atoms with Crippen LogP contribution in [0.15, 0.2) is 23.3 Å². The molecule has 2 aliphatic heterocycles. The molecular weight excluding hydrogens is 370 g/mol. The van der Waals surface area contributed by atoms with Crippen molar-refractivity contribution in [2.24, 2.45) is 17.3 Å². The molecule has 3 atom stereocenters. The summed E-state index contributed by atoms with van der Waals surface area (Å²) >= 11 is 1.36. The van der Waals surface area contributed by atoms with Gasteiger partial charge in [-0.2, -0.15) is 0 Å². The smallest absolute Gasteiger partial charge is 0.356 e. The summed E-state index contributed by atoms with van der Waals surface area (Å²) in [6.45, 7) is 13.7. The van der Waals surface area contributed by atoms with Gasteiger partial charge < -0.3 is 14.3 Å². The fourth-order valence-corrected chi connectivity index (χ4v) is 7.21. The summed E-state index contributed by atoms with van der Waals surface area (Å²) in [5.74, 6) is -1.01. The van der Waals surface area contributed by atoms with Crippen molar-refractivity contribution in [1.82, 2.24) is 4.90 Å². The van der Waals surface area contributed by atoms with Crippen LogP contribution in [0.1, 0.15) is 34.6 Å². The quantitative estimate of drug-likeness (QED) is 0.300. The van der Waals surface area contributed by atoms with Crippen LogP contribution >= 0.6 is 11.8 Å². The predicted octanol–water partition coefficient (Wildman–Crippen LogP) is 1.19. The maximum atomic E-state index is 13.2. The van der Waals surface area contributed by atoms with Gasteiger partial charge in [0, 0.05) is 4.91 Å². The van der Waals surface area contributed by atoms with Crippen LogP contribution in [0, 0.1) is 17.3 Å². The zero-order valence-electron chi connectivity index (χ0n) is 16.4. The largest absolute Gasteiger partial charge is 0.457 e. The van der Waals surface area contributed by atoms with Crippen molar-refractivity contribution < 1.29 is 23.9 Å². The Bertz CT molecular complexity index is 642. The Morgan fingerprint density at radius 2 is 2.08 bits per heavy atom. The number of nitrogens with zero attached hydrogens (tertiary/aromatic N) is 1. The molecule has 0 radical (unpaired) electrons. The molecule has 0 saturated carbocycles. The van der Waals surface area contributed by atoms with Gasteiger partial charge in [-0.1, -0.05) is 59.0 Å². The second-order valence-electron chi connectivity index (χ2n) is 7.91. The first kappa shape index (κ1) is 21.2. The highest BCUT2D eigenvalue weighted by atomic mass is 32.2. The summed E-state index contributed by atoms with van der Waals surface area (Å²) in [5, 5.41) is 9.45. The van der Waals surface area contributed by atoms with Crippen LogP contribution in [0.4, 0.5) is 0 Å². The van der Waals surface area contributed by atoms with Crippen molar-refractivity contribution in [1.29, 1.82) is 0 Å². The molecule has 0 spiro atoms. The number of carbonyl (C=O) groups is 2. The van der Waals surface area contributed by atoms with E-state index in [1.165, 1.54) is 22.7 Å². The molecule has 2 aliphatic rings.